The molecule has 5 nitrogen and oxygen atoms in total. The number of primary amides is 1. The van der Waals surface area contributed by atoms with Crippen LogP contribution in [0.25, 0.3) is 0 Å². The maximum Gasteiger partial charge on any atom is 0.251 e. The summed E-state index contributed by atoms with van der Waals surface area (Å²) in [5.74, 6) is -0.922. The molecule has 1 heterocycles. The summed E-state index contributed by atoms with van der Waals surface area (Å²) in [6.45, 7) is 0. The molecule has 0 saturated heterocycles. The van der Waals surface area contributed by atoms with Gasteiger partial charge in [0.1, 0.15) is 10.6 Å². The third-order valence-corrected chi connectivity index (χ3v) is 3.66. The zero-order valence-corrected chi connectivity index (χ0v) is 12.7. The number of rotatable bonds is 5. The lowest BCUT2D eigenvalue weighted by molar-refractivity contribution is -0.119. The first-order chi connectivity index (χ1) is 10.1. The number of carbonyl (C=O) groups excluding carboxylic acids is 2. The molecule has 1 atom stereocenters. The van der Waals surface area contributed by atoms with Crippen LogP contribution >= 0.6 is 15.9 Å². The van der Waals surface area contributed by atoms with Crippen LogP contribution in [0, 0.1) is 0 Å². The number of hydrogen-bond donors (Lipinski definition) is 2. The molecule has 0 radical (unpaired) electrons. The molecular formula is C15H14BrN3O2. The number of carbonyl (C=O) groups is 2. The lowest BCUT2D eigenvalue weighted by Gasteiger charge is -2.16. The lowest BCUT2D eigenvalue weighted by Crippen LogP contribution is -2.45. The zero-order valence-electron chi connectivity index (χ0n) is 11.1. The van der Waals surface area contributed by atoms with E-state index in [4.69, 9.17) is 5.73 Å². The third-order valence-electron chi connectivity index (χ3n) is 2.95. The van der Waals surface area contributed by atoms with Crippen LogP contribution in [-0.4, -0.2) is 22.8 Å². The standard InChI is InChI=1S/C15H14BrN3O2/c16-13-11(7-4-8-18-13)9-12(14(17)20)19-15(21)10-5-2-1-3-6-10/h1-8,12H,9H2,(H2,17,20)(H,19,21)/t12-/m0/s1. The molecule has 0 fully saturated rings. The molecular weight excluding hydrogens is 334 g/mol. The Morgan fingerprint density at radius 1 is 1.19 bits per heavy atom. The average Bonchev–Trinajstić information content (AvgIpc) is 2.49. The minimum absolute atomic E-state index is 0.280. The van der Waals surface area contributed by atoms with Crippen LogP contribution in [-0.2, 0) is 11.2 Å². The van der Waals surface area contributed by atoms with E-state index in [1.54, 1.807) is 36.5 Å². The van der Waals surface area contributed by atoms with Gasteiger partial charge in [0.15, 0.2) is 0 Å². The molecule has 108 valence electrons. The van der Waals surface area contributed by atoms with Crippen LogP contribution < -0.4 is 11.1 Å². The van der Waals surface area contributed by atoms with E-state index in [0.717, 1.165) is 5.56 Å². The summed E-state index contributed by atoms with van der Waals surface area (Å²) in [7, 11) is 0. The van der Waals surface area contributed by atoms with Crippen LogP contribution in [0.15, 0.2) is 53.3 Å². The van der Waals surface area contributed by atoms with Crippen molar-refractivity contribution in [1.29, 1.82) is 0 Å². The van der Waals surface area contributed by atoms with Crippen molar-refractivity contribution in [2.45, 2.75) is 12.5 Å². The fraction of sp³-hybridized carbons (Fsp3) is 0.133. The molecule has 0 aliphatic rings. The normalized spacial score (nSPS) is 11.7. The maximum atomic E-state index is 12.1. The van der Waals surface area contributed by atoms with Crippen molar-refractivity contribution >= 4 is 27.7 Å². The number of hydrogen-bond acceptors (Lipinski definition) is 3. The number of nitrogens with zero attached hydrogens (tertiary/aromatic N) is 1. The fourth-order valence-corrected chi connectivity index (χ4v) is 2.26. The smallest absolute Gasteiger partial charge is 0.251 e. The highest BCUT2D eigenvalue weighted by Gasteiger charge is 2.20. The lowest BCUT2D eigenvalue weighted by atomic mass is 10.1. The molecule has 2 rings (SSSR count). The van der Waals surface area contributed by atoms with E-state index < -0.39 is 11.9 Å². The van der Waals surface area contributed by atoms with E-state index in [9.17, 15) is 9.59 Å². The highest BCUT2D eigenvalue weighted by molar-refractivity contribution is 9.10. The van der Waals surface area contributed by atoms with E-state index >= 15 is 0 Å². The molecule has 0 bridgehead atoms. The van der Waals surface area contributed by atoms with E-state index in [-0.39, 0.29) is 12.3 Å². The minimum Gasteiger partial charge on any atom is -0.368 e. The summed E-state index contributed by atoms with van der Waals surface area (Å²) in [6.07, 6.45) is 1.91. The SMILES string of the molecule is NC(=O)[C@H](Cc1cccnc1Br)NC(=O)c1ccccc1. The molecule has 0 saturated carbocycles. The van der Waals surface area contributed by atoms with Crippen LogP contribution in [0.5, 0.6) is 0 Å². The Hall–Kier alpha value is -2.21. The number of nitrogens with one attached hydrogen (secondary N) is 1. The summed E-state index contributed by atoms with van der Waals surface area (Å²) in [5.41, 5.74) is 6.65. The van der Waals surface area contributed by atoms with E-state index in [0.29, 0.717) is 10.2 Å². The summed E-state index contributed by atoms with van der Waals surface area (Å²) >= 11 is 3.31. The number of pyridine rings is 1. The molecule has 0 aliphatic carbocycles. The first-order valence-corrected chi connectivity index (χ1v) is 7.12. The molecule has 0 aliphatic heterocycles. The van der Waals surface area contributed by atoms with E-state index in [1.807, 2.05) is 12.1 Å². The average molecular weight is 348 g/mol. The molecule has 21 heavy (non-hydrogen) atoms. The number of nitrogens with two attached hydrogens (primary N) is 1. The molecule has 0 spiro atoms. The Labute approximate surface area is 130 Å². The number of amides is 2. The molecule has 0 unspecified atom stereocenters. The molecule has 1 aromatic carbocycles. The quantitative estimate of drug-likeness (QED) is 0.806. The van der Waals surface area contributed by atoms with Crippen molar-refractivity contribution in [3.8, 4) is 0 Å². The Kier molecular flexibility index (Phi) is 5.05. The largest absolute Gasteiger partial charge is 0.368 e. The van der Waals surface area contributed by atoms with Crippen molar-refractivity contribution < 1.29 is 9.59 Å². The van der Waals surface area contributed by atoms with Crippen LogP contribution in [0.2, 0.25) is 0 Å². The predicted octanol–water partition coefficient (Wildman–Crippen LogP) is 1.67. The van der Waals surface area contributed by atoms with Gasteiger partial charge in [0, 0.05) is 18.2 Å². The second-order valence-electron chi connectivity index (χ2n) is 4.45. The second kappa shape index (κ2) is 6.99. The summed E-state index contributed by atoms with van der Waals surface area (Å²) in [5, 5.41) is 2.65. The van der Waals surface area contributed by atoms with Crippen LogP contribution in [0.1, 0.15) is 15.9 Å². The molecule has 6 heteroatoms. The first kappa shape index (κ1) is 15.2. The maximum absolute atomic E-state index is 12.1. The number of aromatic nitrogens is 1. The second-order valence-corrected chi connectivity index (χ2v) is 5.20. The van der Waals surface area contributed by atoms with Gasteiger partial charge in [-0.3, -0.25) is 9.59 Å². The Bertz CT molecular complexity index is 646. The van der Waals surface area contributed by atoms with Gasteiger partial charge in [0.25, 0.3) is 5.91 Å². The Morgan fingerprint density at radius 3 is 2.52 bits per heavy atom. The van der Waals surface area contributed by atoms with Gasteiger partial charge in [-0.25, -0.2) is 4.98 Å². The van der Waals surface area contributed by atoms with E-state index in [2.05, 4.69) is 26.2 Å². The van der Waals surface area contributed by atoms with Crippen molar-refractivity contribution in [3.05, 3.63) is 64.4 Å². The summed E-state index contributed by atoms with van der Waals surface area (Å²) in [6, 6.07) is 11.5. The van der Waals surface area contributed by atoms with Crippen LogP contribution in [0.4, 0.5) is 0 Å². The van der Waals surface area contributed by atoms with Gasteiger partial charge in [-0.2, -0.15) is 0 Å². The summed E-state index contributed by atoms with van der Waals surface area (Å²) < 4.78 is 0.630. The Balaban J connectivity index is 2.12. The Morgan fingerprint density at radius 2 is 1.90 bits per heavy atom. The number of benzene rings is 1. The molecule has 3 N–H and O–H groups in total. The van der Waals surface area contributed by atoms with Gasteiger partial charge in [-0.15, -0.1) is 0 Å². The van der Waals surface area contributed by atoms with Crippen molar-refractivity contribution in [2.24, 2.45) is 5.73 Å². The van der Waals surface area contributed by atoms with Gasteiger partial charge in [0.05, 0.1) is 0 Å². The van der Waals surface area contributed by atoms with Crippen molar-refractivity contribution in [2.75, 3.05) is 0 Å². The van der Waals surface area contributed by atoms with Gasteiger partial charge in [-0.1, -0.05) is 24.3 Å². The molecule has 1 aromatic heterocycles. The first-order valence-electron chi connectivity index (χ1n) is 6.32. The monoisotopic (exact) mass is 347 g/mol. The topological polar surface area (TPSA) is 85.1 Å². The van der Waals surface area contributed by atoms with Crippen molar-refractivity contribution in [3.63, 3.8) is 0 Å². The van der Waals surface area contributed by atoms with Gasteiger partial charge in [0.2, 0.25) is 5.91 Å². The summed E-state index contributed by atoms with van der Waals surface area (Å²) in [4.78, 5) is 27.7. The molecule has 2 amide bonds. The highest BCUT2D eigenvalue weighted by atomic mass is 79.9. The fourth-order valence-electron chi connectivity index (χ4n) is 1.85. The zero-order chi connectivity index (χ0) is 15.2. The van der Waals surface area contributed by atoms with Crippen LogP contribution in [0.3, 0.4) is 0 Å². The molecule has 2 aromatic rings. The number of halogens is 1. The van der Waals surface area contributed by atoms with Gasteiger partial charge >= 0.3 is 0 Å². The predicted molar refractivity (Wildman–Crippen MR) is 82.5 cm³/mol. The highest BCUT2D eigenvalue weighted by Crippen LogP contribution is 2.14. The minimum atomic E-state index is -0.793. The van der Waals surface area contributed by atoms with Crippen molar-refractivity contribution in [1.82, 2.24) is 10.3 Å². The van der Waals surface area contributed by atoms with E-state index in [1.165, 1.54) is 0 Å². The van der Waals surface area contributed by atoms with Gasteiger partial charge in [-0.05, 0) is 39.7 Å². The third kappa shape index (κ3) is 4.13. The van der Waals surface area contributed by atoms with Gasteiger partial charge < -0.3 is 11.1 Å².